The van der Waals surface area contributed by atoms with Gasteiger partial charge in [-0.3, -0.25) is 4.79 Å². The van der Waals surface area contributed by atoms with Gasteiger partial charge in [0.1, 0.15) is 5.82 Å². The number of halogens is 1. The summed E-state index contributed by atoms with van der Waals surface area (Å²) in [6.45, 7) is 2.66. The van der Waals surface area contributed by atoms with Crippen LogP contribution < -0.4 is 4.90 Å². The molecule has 4 rings (SSSR count). The number of anilines is 1. The molecule has 1 N–H and O–H groups in total. The third kappa shape index (κ3) is 3.82. The zero-order valence-corrected chi connectivity index (χ0v) is 15.3. The highest BCUT2D eigenvalue weighted by atomic mass is 19.1. The van der Waals surface area contributed by atoms with E-state index in [9.17, 15) is 9.18 Å². The lowest BCUT2D eigenvalue weighted by molar-refractivity contribution is -0.131. The maximum absolute atomic E-state index is 13.9. The average Bonchev–Trinajstić information content (AvgIpc) is 3.12. The Kier molecular flexibility index (Phi) is 5.10. The van der Waals surface area contributed by atoms with Crippen LogP contribution in [0.4, 0.5) is 10.1 Å². The summed E-state index contributed by atoms with van der Waals surface area (Å²) in [6.07, 6.45) is 4.33. The highest BCUT2D eigenvalue weighted by molar-refractivity contribution is 5.83. The molecule has 0 saturated carbocycles. The minimum atomic E-state index is -0.198. The fourth-order valence-corrected chi connectivity index (χ4v) is 3.83. The second-order valence-corrected chi connectivity index (χ2v) is 7.03. The van der Waals surface area contributed by atoms with Gasteiger partial charge in [-0.25, -0.2) is 4.39 Å². The van der Waals surface area contributed by atoms with Crippen molar-refractivity contribution in [1.82, 2.24) is 9.88 Å². The van der Waals surface area contributed by atoms with Crippen LogP contribution >= 0.6 is 0 Å². The Morgan fingerprint density at radius 2 is 1.74 bits per heavy atom. The van der Waals surface area contributed by atoms with Crippen molar-refractivity contribution in [3.05, 3.63) is 66.1 Å². The van der Waals surface area contributed by atoms with Crippen molar-refractivity contribution in [2.75, 3.05) is 31.1 Å². The van der Waals surface area contributed by atoms with Crippen molar-refractivity contribution in [3.63, 3.8) is 0 Å². The summed E-state index contributed by atoms with van der Waals surface area (Å²) in [4.78, 5) is 19.7. The van der Waals surface area contributed by atoms with Crippen molar-refractivity contribution in [1.29, 1.82) is 0 Å². The van der Waals surface area contributed by atoms with E-state index in [1.54, 1.807) is 12.1 Å². The molecule has 0 atom stereocenters. The Hall–Kier alpha value is -2.82. The molecule has 1 fully saturated rings. The number of nitrogens with zero attached hydrogens (tertiary/aromatic N) is 2. The summed E-state index contributed by atoms with van der Waals surface area (Å²) in [7, 11) is 0. The molecule has 2 heterocycles. The van der Waals surface area contributed by atoms with Crippen LogP contribution in [-0.2, 0) is 11.2 Å². The third-order valence-corrected chi connectivity index (χ3v) is 5.34. The number of aromatic nitrogens is 1. The third-order valence-electron chi connectivity index (χ3n) is 5.34. The molecule has 0 bridgehead atoms. The molecule has 0 aliphatic carbocycles. The molecule has 2 aromatic carbocycles. The van der Waals surface area contributed by atoms with E-state index in [1.165, 1.54) is 17.0 Å². The van der Waals surface area contributed by atoms with Gasteiger partial charge in [-0.05, 0) is 36.6 Å². The van der Waals surface area contributed by atoms with E-state index in [2.05, 4.69) is 17.1 Å². The lowest BCUT2D eigenvalue weighted by atomic mass is 10.1. The van der Waals surface area contributed by atoms with Gasteiger partial charge >= 0.3 is 0 Å². The Morgan fingerprint density at radius 3 is 2.56 bits per heavy atom. The van der Waals surface area contributed by atoms with Crippen LogP contribution in [0.15, 0.2) is 54.7 Å². The van der Waals surface area contributed by atoms with Crippen LogP contribution in [0.2, 0.25) is 0 Å². The number of piperazine rings is 1. The zero-order valence-electron chi connectivity index (χ0n) is 15.3. The lowest BCUT2D eigenvalue weighted by Gasteiger charge is -2.36. The largest absolute Gasteiger partial charge is 0.366 e. The topological polar surface area (TPSA) is 39.3 Å². The van der Waals surface area contributed by atoms with Gasteiger partial charge in [0.25, 0.3) is 0 Å². The first-order valence-corrected chi connectivity index (χ1v) is 9.54. The SMILES string of the molecule is O=C(CCCc1c[nH]c2ccccc12)N1CCN(c2ccccc2F)CC1. The molecule has 1 aliphatic heterocycles. The molecule has 0 spiro atoms. The van der Waals surface area contributed by atoms with E-state index >= 15 is 0 Å². The van der Waals surface area contributed by atoms with Crippen molar-refractivity contribution >= 4 is 22.5 Å². The van der Waals surface area contributed by atoms with E-state index in [0.29, 0.717) is 38.3 Å². The van der Waals surface area contributed by atoms with Gasteiger partial charge in [-0.2, -0.15) is 0 Å². The number of aryl methyl sites for hydroxylation is 1. The summed E-state index contributed by atoms with van der Waals surface area (Å²) in [5.41, 5.74) is 3.04. The van der Waals surface area contributed by atoms with Crippen LogP contribution in [0.5, 0.6) is 0 Å². The van der Waals surface area contributed by atoms with Gasteiger partial charge in [-0.1, -0.05) is 30.3 Å². The van der Waals surface area contributed by atoms with E-state index in [0.717, 1.165) is 18.4 Å². The fourth-order valence-electron chi connectivity index (χ4n) is 3.83. The molecule has 1 amide bonds. The second kappa shape index (κ2) is 7.82. The Morgan fingerprint density at radius 1 is 1.00 bits per heavy atom. The van der Waals surface area contributed by atoms with Crippen LogP contribution in [0.25, 0.3) is 10.9 Å². The number of nitrogens with one attached hydrogen (secondary N) is 1. The molecule has 3 aromatic rings. The number of rotatable bonds is 5. The first-order chi connectivity index (χ1) is 13.2. The number of hydrogen-bond acceptors (Lipinski definition) is 2. The summed E-state index contributed by atoms with van der Waals surface area (Å²) < 4.78 is 13.9. The highest BCUT2D eigenvalue weighted by Crippen LogP contribution is 2.22. The van der Waals surface area contributed by atoms with Gasteiger partial charge in [0.15, 0.2) is 0 Å². The van der Waals surface area contributed by atoms with Crippen molar-refractivity contribution < 1.29 is 9.18 Å². The van der Waals surface area contributed by atoms with Crippen molar-refractivity contribution in [3.8, 4) is 0 Å². The van der Waals surface area contributed by atoms with Gasteiger partial charge < -0.3 is 14.8 Å². The lowest BCUT2D eigenvalue weighted by Crippen LogP contribution is -2.49. The number of aromatic amines is 1. The van der Waals surface area contributed by atoms with Crippen LogP contribution in [-0.4, -0.2) is 42.0 Å². The number of amides is 1. The number of para-hydroxylation sites is 2. The van der Waals surface area contributed by atoms with Crippen molar-refractivity contribution in [2.24, 2.45) is 0 Å². The highest BCUT2D eigenvalue weighted by Gasteiger charge is 2.22. The molecule has 1 aromatic heterocycles. The van der Waals surface area contributed by atoms with Crippen LogP contribution in [0, 0.1) is 5.82 Å². The minimum Gasteiger partial charge on any atom is -0.366 e. The smallest absolute Gasteiger partial charge is 0.222 e. The monoisotopic (exact) mass is 365 g/mol. The normalized spacial score (nSPS) is 14.7. The average molecular weight is 365 g/mol. The van der Waals surface area contributed by atoms with Gasteiger partial charge in [0.05, 0.1) is 5.69 Å². The molecule has 140 valence electrons. The molecular formula is C22H24FN3O. The Balaban J connectivity index is 1.27. The van der Waals surface area contributed by atoms with E-state index in [4.69, 9.17) is 0 Å². The molecule has 0 radical (unpaired) electrons. The number of hydrogen-bond donors (Lipinski definition) is 1. The Bertz CT molecular complexity index is 928. The summed E-state index contributed by atoms with van der Waals surface area (Å²) in [5, 5.41) is 1.24. The first kappa shape index (κ1) is 17.6. The number of fused-ring (bicyclic) bond motifs is 1. The minimum absolute atomic E-state index is 0.197. The van der Waals surface area contributed by atoms with Crippen LogP contribution in [0.3, 0.4) is 0 Å². The van der Waals surface area contributed by atoms with Gasteiger partial charge in [0.2, 0.25) is 5.91 Å². The van der Waals surface area contributed by atoms with Crippen molar-refractivity contribution in [2.45, 2.75) is 19.3 Å². The Labute approximate surface area is 158 Å². The molecule has 0 unspecified atom stereocenters. The molecule has 4 nitrogen and oxygen atoms in total. The molecule has 27 heavy (non-hydrogen) atoms. The van der Waals surface area contributed by atoms with E-state index in [-0.39, 0.29) is 11.7 Å². The van der Waals surface area contributed by atoms with Crippen LogP contribution in [0.1, 0.15) is 18.4 Å². The second-order valence-electron chi connectivity index (χ2n) is 7.03. The maximum atomic E-state index is 13.9. The predicted octanol–water partition coefficient (Wildman–Crippen LogP) is 3.98. The zero-order chi connectivity index (χ0) is 18.6. The molecule has 1 saturated heterocycles. The summed E-state index contributed by atoms with van der Waals surface area (Å²) in [6, 6.07) is 15.1. The van der Waals surface area contributed by atoms with Gasteiger partial charge in [-0.15, -0.1) is 0 Å². The molecular weight excluding hydrogens is 341 g/mol. The fraction of sp³-hybridized carbons (Fsp3) is 0.318. The summed E-state index contributed by atoms with van der Waals surface area (Å²) >= 11 is 0. The quantitative estimate of drug-likeness (QED) is 0.743. The predicted molar refractivity (Wildman–Crippen MR) is 106 cm³/mol. The van der Waals surface area contributed by atoms with E-state index in [1.807, 2.05) is 34.2 Å². The van der Waals surface area contributed by atoms with Gasteiger partial charge in [0, 0.05) is 49.7 Å². The molecule has 1 aliphatic rings. The first-order valence-electron chi connectivity index (χ1n) is 9.54. The number of benzene rings is 2. The summed E-state index contributed by atoms with van der Waals surface area (Å²) in [5.74, 6) is -0.000898. The standard InChI is InChI=1S/C22H24FN3O/c23-19-8-2-4-10-21(19)25-12-14-26(15-13-25)22(27)11-5-6-17-16-24-20-9-3-1-7-18(17)20/h1-4,7-10,16,24H,5-6,11-15H2. The number of carbonyl (C=O) groups is 1. The maximum Gasteiger partial charge on any atom is 0.222 e. The number of carbonyl (C=O) groups excluding carboxylic acids is 1. The number of H-pyrrole nitrogens is 1. The van der Waals surface area contributed by atoms with E-state index < -0.39 is 0 Å². The molecule has 5 heteroatoms.